The summed E-state index contributed by atoms with van der Waals surface area (Å²) in [5, 5.41) is 0.276. The summed E-state index contributed by atoms with van der Waals surface area (Å²) < 4.78 is 1.72. The van der Waals surface area contributed by atoms with Crippen LogP contribution in [0.25, 0.3) is 0 Å². The van der Waals surface area contributed by atoms with E-state index in [2.05, 4.69) is 42.3 Å². The Labute approximate surface area is 178 Å². The average Bonchev–Trinajstić information content (AvgIpc) is 2.22. The first kappa shape index (κ1) is 28.2. The molecule has 0 aliphatic heterocycles. The van der Waals surface area contributed by atoms with Crippen LogP contribution in [0.2, 0.25) is 0 Å². The van der Waals surface area contributed by atoms with Crippen LogP contribution in [-0.4, -0.2) is 86.1 Å². The third-order valence-corrected chi connectivity index (χ3v) is 4.41. The van der Waals surface area contributed by atoms with Gasteiger partial charge in [-0.2, -0.15) is 0 Å². The maximum atomic E-state index is 11.7. The van der Waals surface area contributed by atoms with Gasteiger partial charge in [-0.1, -0.05) is 23.5 Å². The summed E-state index contributed by atoms with van der Waals surface area (Å²) in [4.78, 5) is 23.3. The standard InChI is InChI=1S/C14H30N2O2S2.2HI/c1-15(2,3)9-11-19-13(17)7-8-14(18)20-12-10-16(4,5)6;;/h7-12H2,1-6H3;2*1H/q+2;;/p-2. The van der Waals surface area contributed by atoms with E-state index in [0.717, 1.165) is 33.6 Å². The van der Waals surface area contributed by atoms with Crippen LogP contribution >= 0.6 is 23.5 Å². The predicted molar refractivity (Wildman–Crippen MR) is 90.0 cm³/mol. The Morgan fingerprint density at radius 2 is 0.955 bits per heavy atom. The second-order valence-corrected chi connectivity index (χ2v) is 9.27. The van der Waals surface area contributed by atoms with Gasteiger partial charge in [0.05, 0.1) is 66.9 Å². The molecular formula is C14H30I2N2O2S2. The minimum atomic E-state index is 0. The van der Waals surface area contributed by atoms with Crippen molar-refractivity contribution >= 4 is 33.8 Å². The number of hydrogen-bond acceptors (Lipinski definition) is 4. The van der Waals surface area contributed by atoms with Crippen molar-refractivity contribution < 1.29 is 66.5 Å². The van der Waals surface area contributed by atoms with Crippen molar-refractivity contribution in [2.24, 2.45) is 0 Å². The smallest absolute Gasteiger partial charge is 0.189 e. The van der Waals surface area contributed by atoms with E-state index in [1.165, 1.54) is 23.5 Å². The Kier molecular flexibility index (Phi) is 17.6. The molecule has 0 aliphatic carbocycles. The van der Waals surface area contributed by atoms with Crippen LogP contribution in [0.3, 0.4) is 0 Å². The Balaban J connectivity index is -0.00000180. The number of carbonyl (C=O) groups excluding carboxylic acids is 2. The molecular weight excluding hydrogens is 546 g/mol. The van der Waals surface area contributed by atoms with Crippen LogP contribution < -0.4 is 48.0 Å². The number of thioether (sulfide) groups is 2. The van der Waals surface area contributed by atoms with Gasteiger partial charge < -0.3 is 56.9 Å². The van der Waals surface area contributed by atoms with E-state index in [9.17, 15) is 9.59 Å². The van der Waals surface area contributed by atoms with Gasteiger partial charge in [-0.25, -0.2) is 0 Å². The topological polar surface area (TPSA) is 34.1 Å². The maximum absolute atomic E-state index is 11.7. The first-order valence-electron chi connectivity index (χ1n) is 6.92. The highest BCUT2D eigenvalue weighted by atomic mass is 127. The fraction of sp³-hybridized carbons (Fsp3) is 0.857. The van der Waals surface area contributed by atoms with Crippen molar-refractivity contribution in [2.45, 2.75) is 12.8 Å². The van der Waals surface area contributed by atoms with Crippen molar-refractivity contribution in [1.82, 2.24) is 0 Å². The molecule has 0 heterocycles. The van der Waals surface area contributed by atoms with Gasteiger partial charge in [-0.15, -0.1) is 0 Å². The lowest BCUT2D eigenvalue weighted by Crippen LogP contribution is -3.00. The molecule has 0 atom stereocenters. The molecule has 134 valence electrons. The first-order chi connectivity index (χ1) is 8.99. The molecule has 0 amide bonds. The van der Waals surface area contributed by atoms with Gasteiger partial charge >= 0.3 is 0 Å². The summed E-state index contributed by atoms with van der Waals surface area (Å²) in [6.07, 6.45) is 0.746. The Morgan fingerprint density at radius 1 is 0.682 bits per heavy atom. The molecule has 0 aromatic rings. The second-order valence-electron chi connectivity index (χ2n) is 6.97. The molecule has 0 fully saturated rings. The van der Waals surface area contributed by atoms with Crippen molar-refractivity contribution in [3.05, 3.63) is 0 Å². The lowest BCUT2D eigenvalue weighted by Gasteiger charge is -2.23. The minimum absolute atomic E-state index is 0. The number of quaternary nitrogens is 2. The van der Waals surface area contributed by atoms with Gasteiger partial charge in [0, 0.05) is 12.8 Å². The van der Waals surface area contributed by atoms with E-state index in [1.807, 2.05) is 0 Å². The molecule has 0 saturated heterocycles. The van der Waals surface area contributed by atoms with E-state index in [1.54, 1.807) is 0 Å². The highest BCUT2D eigenvalue weighted by molar-refractivity contribution is 8.14. The highest BCUT2D eigenvalue weighted by Gasteiger charge is 2.13. The monoisotopic (exact) mass is 576 g/mol. The summed E-state index contributed by atoms with van der Waals surface area (Å²) in [5.74, 6) is 1.65. The van der Waals surface area contributed by atoms with Crippen LogP contribution in [0, 0.1) is 0 Å². The molecule has 22 heavy (non-hydrogen) atoms. The van der Waals surface area contributed by atoms with E-state index in [0.29, 0.717) is 12.8 Å². The molecule has 0 N–H and O–H groups in total. The Morgan fingerprint density at radius 3 is 1.18 bits per heavy atom. The predicted octanol–water partition coefficient (Wildman–Crippen LogP) is -4.29. The van der Waals surface area contributed by atoms with Crippen molar-refractivity contribution in [1.29, 1.82) is 0 Å². The van der Waals surface area contributed by atoms with Gasteiger partial charge in [0.2, 0.25) is 0 Å². The van der Waals surface area contributed by atoms with Crippen molar-refractivity contribution in [2.75, 3.05) is 66.9 Å². The summed E-state index contributed by atoms with van der Waals surface area (Å²) in [6, 6.07) is 0. The molecule has 0 bridgehead atoms. The molecule has 0 radical (unpaired) electrons. The van der Waals surface area contributed by atoms with Gasteiger partial charge in [0.1, 0.15) is 0 Å². The first-order valence-corrected chi connectivity index (χ1v) is 8.89. The number of rotatable bonds is 9. The zero-order chi connectivity index (χ0) is 15.8. The molecule has 0 saturated carbocycles. The van der Waals surface area contributed by atoms with Gasteiger partial charge in [-0.05, 0) is 0 Å². The molecule has 0 unspecified atom stereocenters. The van der Waals surface area contributed by atoms with Crippen molar-refractivity contribution in [3.8, 4) is 0 Å². The third-order valence-electron chi connectivity index (χ3n) is 2.58. The molecule has 4 nitrogen and oxygen atoms in total. The largest absolute Gasteiger partial charge is 1.00 e. The van der Waals surface area contributed by atoms with Crippen LogP contribution in [0.1, 0.15) is 12.8 Å². The van der Waals surface area contributed by atoms with E-state index in [4.69, 9.17) is 0 Å². The van der Waals surface area contributed by atoms with E-state index < -0.39 is 0 Å². The minimum Gasteiger partial charge on any atom is -1.00 e. The third kappa shape index (κ3) is 21.4. The number of hydrogen-bond donors (Lipinski definition) is 0. The number of halogens is 2. The maximum Gasteiger partial charge on any atom is 0.189 e. The Hall–Kier alpha value is 1.42. The van der Waals surface area contributed by atoms with E-state index >= 15 is 0 Å². The lowest BCUT2D eigenvalue weighted by atomic mass is 10.4. The normalized spacial score (nSPS) is 11.4. The van der Waals surface area contributed by atoms with Crippen LogP contribution in [-0.2, 0) is 9.59 Å². The lowest BCUT2D eigenvalue weighted by molar-refractivity contribution is -0.867. The summed E-state index contributed by atoms with van der Waals surface area (Å²) in [5.41, 5.74) is 0. The fourth-order valence-corrected chi connectivity index (χ4v) is 3.44. The van der Waals surface area contributed by atoms with Crippen LogP contribution in [0.15, 0.2) is 0 Å². The zero-order valence-corrected chi connectivity index (χ0v) is 20.5. The molecule has 0 spiro atoms. The average molecular weight is 576 g/mol. The molecule has 0 aliphatic rings. The summed E-state index contributed by atoms with van der Waals surface area (Å²) in [7, 11) is 12.7. The second kappa shape index (κ2) is 13.7. The number of nitrogens with zero attached hydrogens (tertiary/aromatic N) is 2. The molecule has 0 aromatic heterocycles. The quantitative estimate of drug-likeness (QED) is 0.206. The van der Waals surface area contributed by atoms with E-state index in [-0.39, 0.29) is 58.2 Å². The zero-order valence-electron chi connectivity index (χ0n) is 14.5. The fourth-order valence-electron chi connectivity index (χ4n) is 1.22. The highest BCUT2D eigenvalue weighted by Crippen LogP contribution is 2.13. The van der Waals surface area contributed by atoms with Crippen molar-refractivity contribution in [3.63, 3.8) is 0 Å². The SMILES string of the molecule is C[N+](C)(C)CCSC(=O)CCC(=O)SCC[N+](C)(C)C.[I-].[I-]. The van der Waals surface area contributed by atoms with Gasteiger partial charge in [0.25, 0.3) is 0 Å². The van der Waals surface area contributed by atoms with Gasteiger partial charge in [0.15, 0.2) is 10.2 Å². The molecule has 8 heteroatoms. The summed E-state index contributed by atoms with van der Waals surface area (Å²) in [6.45, 7) is 1.92. The molecule has 0 rings (SSSR count). The van der Waals surface area contributed by atoms with Crippen LogP contribution in [0.5, 0.6) is 0 Å². The molecule has 0 aromatic carbocycles. The van der Waals surface area contributed by atoms with Gasteiger partial charge in [-0.3, -0.25) is 9.59 Å². The summed E-state index contributed by atoms with van der Waals surface area (Å²) >= 11 is 2.71. The number of carbonyl (C=O) groups is 2. The Bertz CT molecular complexity index is 298. The van der Waals surface area contributed by atoms with Crippen LogP contribution in [0.4, 0.5) is 0 Å².